The van der Waals surface area contributed by atoms with E-state index in [4.69, 9.17) is 0 Å². The van der Waals surface area contributed by atoms with Crippen molar-refractivity contribution in [3.05, 3.63) is 35.5 Å². The van der Waals surface area contributed by atoms with Crippen molar-refractivity contribution in [2.75, 3.05) is 0 Å². The maximum atomic E-state index is 3.40. The van der Waals surface area contributed by atoms with Gasteiger partial charge in [0, 0.05) is 17.1 Å². The number of aromatic nitrogens is 1. The van der Waals surface area contributed by atoms with Crippen LogP contribution in [0.4, 0.5) is 0 Å². The first-order chi connectivity index (χ1) is 7.06. The zero-order valence-corrected chi connectivity index (χ0v) is 10.0. The van der Waals surface area contributed by atoms with Crippen LogP contribution in [-0.2, 0) is 5.41 Å². The summed E-state index contributed by atoms with van der Waals surface area (Å²) in [4.78, 5) is 3.40. The van der Waals surface area contributed by atoms with Crippen molar-refractivity contribution in [2.45, 2.75) is 39.5 Å². The van der Waals surface area contributed by atoms with Crippen molar-refractivity contribution in [2.24, 2.45) is 0 Å². The molecular weight excluding hydrogens is 182 g/mol. The first-order valence-electron chi connectivity index (χ1n) is 5.63. The van der Waals surface area contributed by atoms with Crippen LogP contribution in [-0.4, -0.2) is 4.98 Å². The molecule has 0 amide bonds. The molecular formula is C14H19N. The molecule has 1 N–H and O–H groups in total. The van der Waals surface area contributed by atoms with E-state index in [2.05, 4.69) is 57.1 Å². The molecule has 0 saturated carbocycles. The van der Waals surface area contributed by atoms with Gasteiger partial charge in [-0.15, -0.1) is 0 Å². The molecule has 0 fully saturated rings. The van der Waals surface area contributed by atoms with Gasteiger partial charge in [0.25, 0.3) is 0 Å². The van der Waals surface area contributed by atoms with Gasteiger partial charge < -0.3 is 4.98 Å². The Morgan fingerprint density at radius 2 is 2.00 bits per heavy atom. The standard InChI is InChI=1S/C14H19N/c1-5-14(3,4)12-9-15-13-10(2)7-6-8-11(12)13/h6-9,15H,5H2,1-4H3. The van der Waals surface area contributed by atoms with E-state index < -0.39 is 0 Å². The first kappa shape index (κ1) is 10.3. The SMILES string of the molecule is CCC(C)(C)c1c[nH]c2c(C)cccc12. The average molecular weight is 201 g/mol. The van der Waals surface area contributed by atoms with Crippen LogP contribution in [0.2, 0.25) is 0 Å². The lowest BCUT2D eigenvalue weighted by molar-refractivity contribution is 0.510. The molecule has 2 aromatic rings. The Kier molecular flexibility index (Phi) is 2.34. The van der Waals surface area contributed by atoms with Gasteiger partial charge in [0.1, 0.15) is 0 Å². The van der Waals surface area contributed by atoms with Crippen LogP contribution in [0, 0.1) is 6.92 Å². The second-order valence-corrected chi connectivity index (χ2v) is 4.94. The Morgan fingerprint density at radius 3 is 2.67 bits per heavy atom. The smallest absolute Gasteiger partial charge is 0.0486 e. The summed E-state index contributed by atoms with van der Waals surface area (Å²) in [6.45, 7) is 9.01. The molecule has 0 bridgehead atoms. The number of benzene rings is 1. The molecule has 1 nitrogen and oxygen atoms in total. The molecule has 1 heteroatoms. The van der Waals surface area contributed by atoms with E-state index in [1.54, 1.807) is 0 Å². The highest BCUT2D eigenvalue weighted by molar-refractivity contribution is 5.86. The van der Waals surface area contributed by atoms with Gasteiger partial charge in [0.05, 0.1) is 0 Å². The Morgan fingerprint density at radius 1 is 1.27 bits per heavy atom. The van der Waals surface area contributed by atoms with E-state index in [1.165, 1.54) is 22.0 Å². The van der Waals surface area contributed by atoms with Crippen LogP contribution in [0.25, 0.3) is 10.9 Å². The molecule has 0 unspecified atom stereocenters. The highest BCUT2D eigenvalue weighted by Gasteiger charge is 2.21. The Labute approximate surface area is 91.5 Å². The maximum Gasteiger partial charge on any atom is 0.0486 e. The molecule has 0 aliphatic rings. The van der Waals surface area contributed by atoms with Crippen molar-refractivity contribution < 1.29 is 0 Å². The number of para-hydroxylation sites is 1. The number of fused-ring (bicyclic) bond motifs is 1. The van der Waals surface area contributed by atoms with Gasteiger partial charge >= 0.3 is 0 Å². The summed E-state index contributed by atoms with van der Waals surface area (Å²) in [5.41, 5.74) is 4.30. The van der Waals surface area contributed by atoms with Gasteiger partial charge in [-0.1, -0.05) is 39.0 Å². The van der Waals surface area contributed by atoms with Crippen molar-refractivity contribution in [1.29, 1.82) is 0 Å². The van der Waals surface area contributed by atoms with Crippen LogP contribution in [0.3, 0.4) is 0 Å². The van der Waals surface area contributed by atoms with E-state index in [1.807, 2.05) is 0 Å². The van der Waals surface area contributed by atoms with Crippen molar-refractivity contribution in [3.8, 4) is 0 Å². The normalized spacial score (nSPS) is 12.3. The molecule has 0 spiro atoms. The lowest BCUT2D eigenvalue weighted by Gasteiger charge is -2.22. The third-order valence-electron chi connectivity index (χ3n) is 3.54. The predicted octanol–water partition coefficient (Wildman–Crippen LogP) is 4.16. The molecule has 0 aliphatic carbocycles. The monoisotopic (exact) mass is 201 g/mol. The van der Waals surface area contributed by atoms with Gasteiger partial charge in [-0.25, -0.2) is 0 Å². The van der Waals surface area contributed by atoms with E-state index in [0.29, 0.717) is 0 Å². The number of rotatable bonds is 2. The van der Waals surface area contributed by atoms with Crippen molar-refractivity contribution in [1.82, 2.24) is 4.98 Å². The fraction of sp³-hybridized carbons (Fsp3) is 0.429. The van der Waals surface area contributed by atoms with Crippen LogP contribution < -0.4 is 0 Å². The van der Waals surface area contributed by atoms with Gasteiger partial charge in [-0.2, -0.15) is 0 Å². The number of aryl methyl sites for hydroxylation is 1. The fourth-order valence-electron chi connectivity index (χ4n) is 2.06. The average Bonchev–Trinajstić information content (AvgIpc) is 2.63. The van der Waals surface area contributed by atoms with E-state index >= 15 is 0 Å². The predicted molar refractivity (Wildman–Crippen MR) is 66.4 cm³/mol. The van der Waals surface area contributed by atoms with E-state index in [0.717, 1.165) is 6.42 Å². The van der Waals surface area contributed by atoms with E-state index in [-0.39, 0.29) is 5.41 Å². The van der Waals surface area contributed by atoms with Gasteiger partial charge in [0.15, 0.2) is 0 Å². The summed E-state index contributed by atoms with van der Waals surface area (Å²) in [5, 5.41) is 1.38. The molecule has 1 aromatic heterocycles. The molecule has 80 valence electrons. The van der Waals surface area contributed by atoms with Crippen LogP contribution >= 0.6 is 0 Å². The second-order valence-electron chi connectivity index (χ2n) is 4.94. The zero-order valence-electron chi connectivity index (χ0n) is 10.0. The van der Waals surface area contributed by atoms with Gasteiger partial charge in [-0.05, 0) is 29.9 Å². The lowest BCUT2D eigenvalue weighted by Crippen LogP contribution is -2.14. The molecule has 15 heavy (non-hydrogen) atoms. The number of hydrogen-bond donors (Lipinski definition) is 1. The van der Waals surface area contributed by atoms with Crippen molar-refractivity contribution in [3.63, 3.8) is 0 Å². The molecule has 0 atom stereocenters. The summed E-state index contributed by atoms with van der Waals surface area (Å²) in [6, 6.07) is 6.51. The van der Waals surface area contributed by atoms with E-state index in [9.17, 15) is 0 Å². The summed E-state index contributed by atoms with van der Waals surface area (Å²) >= 11 is 0. The van der Waals surface area contributed by atoms with Crippen LogP contribution in [0.1, 0.15) is 38.3 Å². The highest BCUT2D eigenvalue weighted by atomic mass is 14.7. The molecule has 0 aliphatic heterocycles. The Bertz CT molecular complexity index is 477. The molecule has 1 aromatic carbocycles. The third-order valence-corrected chi connectivity index (χ3v) is 3.54. The lowest BCUT2D eigenvalue weighted by atomic mass is 9.82. The summed E-state index contributed by atoms with van der Waals surface area (Å²) in [5.74, 6) is 0. The molecule has 0 saturated heterocycles. The molecule has 2 rings (SSSR count). The molecule has 1 heterocycles. The van der Waals surface area contributed by atoms with Gasteiger partial charge in [-0.3, -0.25) is 0 Å². The topological polar surface area (TPSA) is 15.8 Å². The van der Waals surface area contributed by atoms with Crippen LogP contribution in [0.15, 0.2) is 24.4 Å². The maximum absolute atomic E-state index is 3.40. The first-order valence-corrected chi connectivity index (χ1v) is 5.63. The zero-order chi connectivity index (χ0) is 11.1. The largest absolute Gasteiger partial charge is 0.361 e. The number of hydrogen-bond acceptors (Lipinski definition) is 0. The van der Waals surface area contributed by atoms with Gasteiger partial charge in [0.2, 0.25) is 0 Å². The summed E-state index contributed by atoms with van der Waals surface area (Å²) in [6.07, 6.45) is 3.33. The Balaban J connectivity index is 2.69. The molecule has 0 radical (unpaired) electrons. The summed E-state index contributed by atoms with van der Waals surface area (Å²) in [7, 11) is 0. The third kappa shape index (κ3) is 1.56. The second kappa shape index (κ2) is 3.41. The summed E-state index contributed by atoms with van der Waals surface area (Å²) < 4.78 is 0. The fourth-order valence-corrected chi connectivity index (χ4v) is 2.06. The van der Waals surface area contributed by atoms with Crippen molar-refractivity contribution >= 4 is 10.9 Å². The minimum absolute atomic E-state index is 0.256. The minimum atomic E-state index is 0.256. The van der Waals surface area contributed by atoms with Crippen LogP contribution in [0.5, 0.6) is 0 Å². The minimum Gasteiger partial charge on any atom is -0.361 e. The number of H-pyrrole nitrogens is 1. The number of aromatic amines is 1. The number of nitrogens with one attached hydrogen (secondary N) is 1. The quantitative estimate of drug-likeness (QED) is 0.750. The Hall–Kier alpha value is -1.24. The highest BCUT2D eigenvalue weighted by Crippen LogP contribution is 2.33.